The number of H-pyrrole nitrogens is 1. The van der Waals surface area contributed by atoms with Crippen molar-refractivity contribution in [1.29, 1.82) is 0 Å². The van der Waals surface area contributed by atoms with Crippen molar-refractivity contribution in [3.8, 4) is 0 Å². The number of carbonyl (C=O) groups is 1. The van der Waals surface area contributed by atoms with Crippen molar-refractivity contribution in [1.82, 2.24) is 9.97 Å². The molecule has 0 spiro atoms. The van der Waals surface area contributed by atoms with E-state index in [1.807, 2.05) is 4.90 Å². The summed E-state index contributed by atoms with van der Waals surface area (Å²) in [6.45, 7) is 1.37. The fourth-order valence-corrected chi connectivity index (χ4v) is 2.08. The van der Waals surface area contributed by atoms with Gasteiger partial charge < -0.3 is 14.6 Å². The molecule has 1 aromatic rings. The van der Waals surface area contributed by atoms with Gasteiger partial charge in [0, 0.05) is 19.2 Å². The Labute approximate surface area is 98.6 Å². The molecule has 1 saturated heterocycles. The summed E-state index contributed by atoms with van der Waals surface area (Å²) in [5.74, 6) is 0.289. The maximum absolute atomic E-state index is 11.5. The van der Waals surface area contributed by atoms with Crippen LogP contribution < -0.4 is 10.5 Å². The molecule has 1 aliphatic rings. The molecule has 92 valence electrons. The standard InChI is InChI=1S/C11H15N3O3/c1-17-11(16)8-3-2-4-14(6-8)9-5-10(15)13-7-12-9/h5,7-8H,2-4,6H2,1H3,(H,12,13,15). The van der Waals surface area contributed by atoms with Crippen LogP contribution in [-0.4, -0.2) is 36.1 Å². The highest BCUT2D eigenvalue weighted by Crippen LogP contribution is 2.21. The van der Waals surface area contributed by atoms with Crippen LogP contribution in [0.25, 0.3) is 0 Å². The summed E-state index contributed by atoms with van der Waals surface area (Å²) in [5, 5.41) is 0. The number of aromatic nitrogens is 2. The Hall–Kier alpha value is -1.85. The van der Waals surface area contributed by atoms with Gasteiger partial charge in [0.2, 0.25) is 0 Å². The van der Waals surface area contributed by atoms with E-state index in [2.05, 4.69) is 9.97 Å². The number of carbonyl (C=O) groups excluding carboxylic acids is 1. The van der Waals surface area contributed by atoms with Crippen LogP contribution in [-0.2, 0) is 9.53 Å². The first kappa shape index (κ1) is 11.6. The number of hydrogen-bond acceptors (Lipinski definition) is 5. The zero-order valence-electron chi connectivity index (χ0n) is 9.68. The molecule has 1 N–H and O–H groups in total. The second-order valence-electron chi connectivity index (χ2n) is 4.08. The Balaban J connectivity index is 2.12. The zero-order chi connectivity index (χ0) is 12.3. The largest absolute Gasteiger partial charge is 0.469 e. The third-order valence-corrected chi connectivity index (χ3v) is 2.94. The molecule has 0 aromatic carbocycles. The van der Waals surface area contributed by atoms with Gasteiger partial charge in [-0.3, -0.25) is 9.59 Å². The highest BCUT2D eigenvalue weighted by atomic mass is 16.5. The molecule has 2 rings (SSSR count). The Morgan fingerprint density at radius 2 is 2.47 bits per heavy atom. The molecule has 1 fully saturated rings. The molecular weight excluding hydrogens is 222 g/mol. The quantitative estimate of drug-likeness (QED) is 0.741. The van der Waals surface area contributed by atoms with Crippen LogP contribution in [0.1, 0.15) is 12.8 Å². The molecule has 0 aliphatic carbocycles. The van der Waals surface area contributed by atoms with E-state index in [-0.39, 0.29) is 17.4 Å². The normalized spacial score (nSPS) is 20.1. The van der Waals surface area contributed by atoms with Crippen molar-refractivity contribution in [2.24, 2.45) is 5.92 Å². The minimum atomic E-state index is -0.195. The number of esters is 1. The number of piperidine rings is 1. The van der Waals surface area contributed by atoms with Crippen LogP contribution >= 0.6 is 0 Å². The fraction of sp³-hybridized carbons (Fsp3) is 0.545. The summed E-state index contributed by atoms with van der Waals surface area (Å²) >= 11 is 0. The summed E-state index contributed by atoms with van der Waals surface area (Å²) in [4.78, 5) is 31.2. The maximum Gasteiger partial charge on any atom is 0.310 e. The lowest BCUT2D eigenvalue weighted by Gasteiger charge is -2.31. The SMILES string of the molecule is COC(=O)C1CCCN(c2cc(=O)[nH]cn2)C1. The Kier molecular flexibility index (Phi) is 3.41. The number of anilines is 1. The van der Waals surface area contributed by atoms with Gasteiger partial charge in [0.1, 0.15) is 5.82 Å². The highest BCUT2D eigenvalue weighted by molar-refractivity contribution is 5.73. The fourth-order valence-electron chi connectivity index (χ4n) is 2.08. The molecule has 17 heavy (non-hydrogen) atoms. The van der Waals surface area contributed by atoms with Crippen LogP contribution in [0, 0.1) is 5.92 Å². The van der Waals surface area contributed by atoms with Crippen molar-refractivity contribution < 1.29 is 9.53 Å². The Bertz CT molecular complexity index is 457. The smallest absolute Gasteiger partial charge is 0.310 e. The van der Waals surface area contributed by atoms with E-state index in [1.165, 1.54) is 19.5 Å². The number of nitrogens with zero attached hydrogens (tertiary/aromatic N) is 2. The third-order valence-electron chi connectivity index (χ3n) is 2.94. The monoisotopic (exact) mass is 237 g/mol. The molecule has 1 unspecified atom stereocenters. The molecule has 1 aliphatic heterocycles. The van der Waals surface area contributed by atoms with Crippen molar-refractivity contribution in [2.75, 3.05) is 25.1 Å². The van der Waals surface area contributed by atoms with E-state index in [4.69, 9.17) is 4.74 Å². The van der Waals surface area contributed by atoms with Gasteiger partial charge in [-0.1, -0.05) is 0 Å². The van der Waals surface area contributed by atoms with Crippen molar-refractivity contribution in [2.45, 2.75) is 12.8 Å². The number of rotatable bonds is 2. The number of hydrogen-bond donors (Lipinski definition) is 1. The molecule has 1 atom stereocenters. The van der Waals surface area contributed by atoms with Gasteiger partial charge in [-0.2, -0.15) is 0 Å². The molecule has 0 radical (unpaired) electrons. The van der Waals surface area contributed by atoms with Crippen LogP contribution in [0.5, 0.6) is 0 Å². The average Bonchev–Trinajstić information content (AvgIpc) is 2.38. The van der Waals surface area contributed by atoms with E-state index in [0.717, 1.165) is 19.4 Å². The second kappa shape index (κ2) is 4.99. The van der Waals surface area contributed by atoms with Crippen molar-refractivity contribution >= 4 is 11.8 Å². The lowest BCUT2D eigenvalue weighted by Crippen LogP contribution is -2.40. The molecule has 1 aromatic heterocycles. The van der Waals surface area contributed by atoms with Gasteiger partial charge in [-0.15, -0.1) is 0 Å². The number of aromatic amines is 1. The third kappa shape index (κ3) is 2.64. The summed E-state index contributed by atoms with van der Waals surface area (Å²) in [7, 11) is 1.40. The van der Waals surface area contributed by atoms with Crippen molar-refractivity contribution in [3.05, 3.63) is 22.7 Å². The van der Waals surface area contributed by atoms with Gasteiger partial charge in [-0.25, -0.2) is 4.98 Å². The molecule has 6 nitrogen and oxygen atoms in total. The predicted molar refractivity (Wildman–Crippen MR) is 61.8 cm³/mol. The van der Waals surface area contributed by atoms with Crippen molar-refractivity contribution in [3.63, 3.8) is 0 Å². The highest BCUT2D eigenvalue weighted by Gasteiger charge is 2.27. The minimum absolute atomic E-state index is 0.130. The van der Waals surface area contributed by atoms with E-state index >= 15 is 0 Å². The maximum atomic E-state index is 11.5. The predicted octanol–water partition coefficient (Wildman–Crippen LogP) is 0.159. The molecule has 0 bridgehead atoms. The molecule has 6 heteroatoms. The van der Waals surface area contributed by atoms with Gasteiger partial charge in [0.15, 0.2) is 0 Å². The first-order valence-corrected chi connectivity index (χ1v) is 5.58. The van der Waals surface area contributed by atoms with Crippen LogP contribution in [0.3, 0.4) is 0 Å². The zero-order valence-corrected chi connectivity index (χ0v) is 9.68. The summed E-state index contributed by atoms with van der Waals surface area (Å²) in [5.41, 5.74) is -0.185. The van der Waals surface area contributed by atoms with E-state index < -0.39 is 0 Å². The first-order chi connectivity index (χ1) is 8.20. The second-order valence-corrected chi connectivity index (χ2v) is 4.08. The van der Waals surface area contributed by atoms with E-state index in [1.54, 1.807) is 0 Å². The topological polar surface area (TPSA) is 75.3 Å². The van der Waals surface area contributed by atoms with Gasteiger partial charge >= 0.3 is 5.97 Å². The van der Waals surface area contributed by atoms with Gasteiger partial charge in [0.05, 0.1) is 19.4 Å². The first-order valence-electron chi connectivity index (χ1n) is 5.58. The van der Waals surface area contributed by atoms with Crippen LogP contribution in [0.2, 0.25) is 0 Å². The lowest BCUT2D eigenvalue weighted by molar-refractivity contribution is -0.145. The summed E-state index contributed by atoms with van der Waals surface area (Å²) in [6, 6.07) is 1.44. The molecule has 0 amide bonds. The van der Waals surface area contributed by atoms with E-state index in [0.29, 0.717) is 12.4 Å². The number of ether oxygens (including phenoxy) is 1. The van der Waals surface area contributed by atoms with Gasteiger partial charge in [-0.05, 0) is 12.8 Å². The van der Waals surface area contributed by atoms with Crippen LogP contribution in [0.15, 0.2) is 17.2 Å². The minimum Gasteiger partial charge on any atom is -0.469 e. The van der Waals surface area contributed by atoms with Gasteiger partial charge in [0.25, 0.3) is 5.56 Å². The molecular formula is C11H15N3O3. The number of methoxy groups -OCH3 is 1. The lowest BCUT2D eigenvalue weighted by atomic mass is 9.98. The molecule has 0 saturated carbocycles. The van der Waals surface area contributed by atoms with Crippen LogP contribution in [0.4, 0.5) is 5.82 Å². The Morgan fingerprint density at radius 1 is 1.65 bits per heavy atom. The number of nitrogens with one attached hydrogen (secondary N) is 1. The summed E-state index contributed by atoms with van der Waals surface area (Å²) < 4.78 is 4.74. The Morgan fingerprint density at radius 3 is 3.18 bits per heavy atom. The average molecular weight is 237 g/mol. The van der Waals surface area contributed by atoms with E-state index in [9.17, 15) is 9.59 Å². The molecule has 2 heterocycles. The summed E-state index contributed by atoms with van der Waals surface area (Å²) in [6.07, 6.45) is 3.10.